The van der Waals surface area contributed by atoms with Gasteiger partial charge >= 0.3 is 33.3 Å². The molecule has 1 aromatic carbocycles. The van der Waals surface area contributed by atoms with Crippen molar-refractivity contribution in [3.63, 3.8) is 0 Å². The fourth-order valence-corrected chi connectivity index (χ4v) is 3.60. The summed E-state index contributed by atoms with van der Waals surface area (Å²) in [5, 5.41) is -0.466. The minimum atomic E-state index is -5.54. The van der Waals surface area contributed by atoms with Crippen molar-refractivity contribution >= 4 is 31.9 Å². The summed E-state index contributed by atoms with van der Waals surface area (Å²) in [6.07, 6.45) is -9.29. The lowest BCUT2D eigenvalue weighted by molar-refractivity contribution is -0.195. The molecule has 1 atom stereocenters. The molecular formula is C12H9F5O6Si. The van der Waals surface area contributed by atoms with Gasteiger partial charge in [-0.05, 0) is 0 Å². The van der Waals surface area contributed by atoms with Crippen molar-refractivity contribution in [3.8, 4) is 0 Å². The van der Waals surface area contributed by atoms with Crippen molar-refractivity contribution < 1.29 is 49.6 Å². The maximum atomic E-state index is 12.4. The van der Waals surface area contributed by atoms with Gasteiger partial charge in [-0.1, -0.05) is 30.3 Å². The van der Waals surface area contributed by atoms with Crippen molar-refractivity contribution in [1.82, 2.24) is 0 Å². The Kier molecular flexibility index (Phi) is 6.01. The Morgan fingerprint density at radius 3 is 1.96 bits per heavy atom. The zero-order valence-electron chi connectivity index (χ0n) is 11.8. The molecule has 0 aliphatic heterocycles. The second kappa shape index (κ2) is 7.38. The Morgan fingerprint density at radius 2 is 1.54 bits per heavy atom. The molecule has 0 fully saturated rings. The summed E-state index contributed by atoms with van der Waals surface area (Å²) in [7, 11) is -5.28. The van der Waals surface area contributed by atoms with Crippen molar-refractivity contribution in [2.75, 3.05) is 0 Å². The molecule has 0 amide bonds. The van der Waals surface area contributed by atoms with Crippen LogP contribution < -0.4 is 5.19 Å². The van der Waals surface area contributed by atoms with Crippen LogP contribution in [-0.2, 0) is 27.7 Å². The normalized spacial score (nSPS) is 13.8. The molecule has 0 aliphatic rings. The molecule has 0 spiro atoms. The molecule has 0 saturated carbocycles. The van der Waals surface area contributed by atoms with E-state index >= 15 is 0 Å². The van der Waals surface area contributed by atoms with Crippen LogP contribution in [0.15, 0.2) is 30.3 Å². The molecule has 24 heavy (non-hydrogen) atoms. The monoisotopic (exact) mass is 372 g/mol. The van der Waals surface area contributed by atoms with Gasteiger partial charge in [-0.3, -0.25) is 4.79 Å². The Labute approximate surface area is 132 Å². The molecule has 1 aromatic rings. The van der Waals surface area contributed by atoms with E-state index in [1.807, 2.05) is 0 Å². The van der Waals surface area contributed by atoms with Crippen molar-refractivity contribution in [3.05, 3.63) is 30.3 Å². The first-order valence-electron chi connectivity index (χ1n) is 6.04. The average Bonchev–Trinajstić information content (AvgIpc) is 2.46. The zero-order chi connectivity index (χ0) is 18.5. The largest absolute Gasteiger partial charge is 0.743 e. The summed E-state index contributed by atoms with van der Waals surface area (Å²) in [6, 6.07) is 5.82. The number of alkyl halides is 5. The van der Waals surface area contributed by atoms with Gasteiger partial charge in [0.1, 0.15) is 0 Å². The number of benzene rings is 1. The summed E-state index contributed by atoms with van der Waals surface area (Å²) in [6.45, 7) is 0.711. The number of hydrogen-bond acceptors (Lipinski definition) is 6. The highest BCUT2D eigenvalue weighted by atomic mass is 28.4. The summed E-state index contributed by atoms with van der Waals surface area (Å²) in [4.78, 5) is 33.4. The van der Waals surface area contributed by atoms with Gasteiger partial charge in [-0.15, -0.1) is 0 Å². The van der Waals surface area contributed by atoms with Crippen LogP contribution >= 0.6 is 0 Å². The molecule has 0 radical (unpaired) electrons. The first kappa shape index (κ1) is 19.5. The lowest BCUT2D eigenvalue weighted by Crippen LogP contribution is -2.61. The smallest absolute Gasteiger partial charge is 0.452 e. The quantitative estimate of drug-likeness (QED) is 0.573. The highest BCUT2D eigenvalue weighted by Crippen LogP contribution is 2.22. The molecule has 0 bridgehead atoms. The summed E-state index contributed by atoms with van der Waals surface area (Å²) in [5.41, 5.74) is 0. The molecule has 0 aliphatic carbocycles. The average molecular weight is 372 g/mol. The zero-order valence-corrected chi connectivity index (χ0v) is 12.8. The van der Waals surface area contributed by atoms with E-state index in [2.05, 4.69) is 13.3 Å². The van der Waals surface area contributed by atoms with Crippen LogP contribution in [0.25, 0.3) is 0 Å². The lowest BCUT2D eigenvalue weighted by atomic mass is 10.4. The van der Waals surface area contributed by atoms with Crippen molar-refractivity contribution in [2.24, 2.45) is 0 Å². The van der Waals surface area contributed by atoms with Gasteiger partial charge in [0.25, 0.3) is 5.97 Å². The molecule has 12 heteroatoms. The summed E-state index contributed by atoms with van der Waals surface area (Å²) < 4.78 is 75.0. The summed E-state index contributed by atoms with van der Waals surface area (Å²) >= 11 is 0. The van der Waals surface area contributed by atoms with Gasteiger partial charge in [0, 0.05) is 6.92 Å². The van der Waals surface area contributed by atoms with Gasteiger partial charge in [-0.2, -0.15) is 22.0 Å². The highest BCUT2D eigenvalue weighted by Gasteiger charge is 2.60. The molecule has 6 nitrogen and oxygen atoms in total. The van der Waals surface area contributed by atoms with E-state index in [-0.39, 0.29) is 0 Å². The second-order valence-corrected chi connectivity index (χ2v) is 6.43. The van der Waals surface area contributed by atoms with Crippen LogP contribution in [0.4, 0.5) is 22.0 Å². The predicted octanol–water partition coefficient (Wildman–Crippen LogP) is 1.31. The molecule has 0 N–H and O–H groups in total. The van der Waals surface area contributed by atoms with E-state index < -0.39 is 44.5 Å². The highest BCUT2D eigenvalue weighted by molar-refractivity contribution is 6.79. The van der Waals surface area contributed by atoms with Crippen LogP contribution in [0.2, 0.25) is 0 Å². The van der Waals surface area contributed by atoms with Crippen LogP contribution in [0.1, 0.15) is 6.92 Å². The number of rotatable bonds is 5. The molecular weight excluding hydrogens is 363 g/mol. The number of carbonyl (C=O) groups is 3. The van der Waals surface area contributed by atoms with E-state index in [0.717, 1.165) is 12.1 Å². The molecule has 0 aromatic heterocycles. The number of hydrogen-bond donors (Lipinski definition) is 0. The van der Waals surface area contributed by atoms with E-state index in [4.69, 9.17) is 0 Å². The van der Waals surface area contributed by atoms with E-state index in [1.165, 1.54) is 18.2 Å². The first-order valence-corrected chi connectivity index (χ1v) is 7.76. The minimum Gasteiger partial charge on any atom is -0.452 e. The van der Waals surface area contributed by atoms with Gasteiger partial charge in [0.2, 0.25) is 0 Å². The van der Waals surface area contributed by atoms with Crippen LogP contribution in [0, 0.1) is 0 Å². The lowest BCUT2D eigenvalue weighted by Gasteiger charge is -2.27. The molecule has 132 valence electrons. The minimum absolute atomic E-state index is 0.466. The maximum absolute atomic E-state index is 12.4. The molecule has 1 unspecified atom stereocenters. The third-order valence-electron chi connectivity index (χ3n) is 2.28. The third kappa shape index (κ3) is 5.01. The Bertz CT molecular complexity index is 620. The topological polar surface area (TPSA) is 78.9 Å². The first-order chi connectivity index (χ1) is 11.0. The molecule has 0 heterocycles. The van der Waals surface area contributed by atoms with Crippen LogP contribution in [0.3, 0.4) is 0 Å². The summed E-state index contributed by atoms with van der Waals surface area (Å²) in [5.74, 6) is -6.47. The van der Waals surface area contributed by atoms with Gasteiger partial charge < -0.3 is 13.3 Å². The Balaban J connectivity index is 3.40. The Morgan fingerprint density at radius 1 is 1.00 bits per heavy atom. The second-order valence-electron chi connectivity index (χ2n) is 4.12. The fraction of sp³-hybridized carbons (Fsp3) is 0.250. The van der Waals surface area contributed by atoms with Gasteiger partial charge in [0.15, 0.2) is 0 Å². The molecule has 1 rings (SSSR count). The SMILES string of the molecule is CC(=O)O[Si](OC(=O)C(F)F)(OC(=O)C(F)(F)F)c1ccccc1. The predicted molar refractivity (Wildman–Crippen MR) is 67.8 cm³/mol. The maximum Gasteiger partial charge on any atom is 0.743 e. The van der Waals surface area contributed by atoms with Gasteiger partial charge in [-0.25, -0.2) is 9.59 Å². The van der Waals surface area contributed by atoms with E-state index in [1.54, 1.807) is 0 Å². The Hall–Kier alpha value is -2.50. The standard InChI is InChI=1S/C12H9F5O6Si/c1-7(18)21-24(22-10(19)9(13)14,8-5-3-2-4-6-8)23-11(20)12(15,16)17/h2-6,9H,1H3. The van der Waals surface area contributed by atoms with E-state index in [0.29, 0.717) is 6.92 Å². The van der Waals surface area contributed by atoms with Gasteiger partial charge in [0.05, 0.1) is 5.19 Å². The van der Waals surface area contributed by atoms with Crippen LogP contribution in [-0.4, -0.2) is 39.3 Å². The fourth-order valence-electron chi connectivity index (χ4n) is 1.43. The van der Waals surface area contributed by atoms with Crippen LogP contribution in [0.5, 0.6) is 0 Å². The number of carbonyl (C=O) groups excluding carboxylic acids is 3. The number of halogens is 5. The van der Waals surface area contributed by atoms with Crippen molar-refractivity contribution in [1.29, 1.82) is 0 Å². The third-order valence-corrected chi connectivity index (χ3v) is 4.80. The van der Waals surface area contributed by atoms with Crippen molar-refractivity contribution in [2.45, 2.75) is 19.5 Å². The molecule has 0 saturated heterocycles. The van der Waals surface area contributed by atoms with E-state index in [9.17, 15) is 36.3 Å².